The summed E-state index contributed by atoms with van der Waals surface area (Å²) in [4.78, 5) is 22.8. The lowest BCUT2D eigenvalue weighted by molar-refractivity contribution is -0.150. The maximum absolute atomic E-state index is 11.7. The Kier molecular flexibility index (Phi) is 5.32. The fourth-order valence-corrected chi connectivity index (χ4v) is 1.56. The Balaban J connectivity index is 2.88. The van der Waals surface area contributed by atoms with Gasteiger partial charge in [0.15, 0.2) is 6.04 Å². The van der Waals surface area contributed by atoms with Crippen molar-refractivity contribution in [2.24, 2.45) is 0 Å². The molecular weight excluding hydrogens is 234 g/mol. The van der Waals surface area contributed by atoms with E-state index in [-0.39, 0.29) is 6.61 Å². The third kappa shape index (κ3) is 3.85. The summed E-state index contributed by atoms with van der Waals surface area (Å²) < 4.78 is 4.83. The maximum Gasteiger partial charge on any atom is 0.331 e. The molecule has 1 amide bonds. The van der Waals surface area contributed by atoms with Gasteiger partial charge in [-0.15, -0.1) is 0 Å². The van der Waals surface area contributed by atoms with E-state index in [0.29, 0.717) is 5.56 Å². The Hall–Kier alpha value is -1.88. The highest BCUT2D eigenvalue weighted by Gasteiger charge is 2.29. The summed E-state index contributed by atoms with van der Waals surface area (Å²) in [5, 5.41) is 12.5. The molecule has 1 aromatic rings. The minimum Gasteiger partial charge on any atom is -0.464 e. The minimum atomic E-state index is -1.13. The normalized spacial score (nSPS) is 13.5. The molecule has 18 heavy (non-hydrogen) atoms. The fourth-order valence-electron chi connectivity index (χ4n) is 1.56. The zero-order valence-corrected chi connectivity index (χ0v) is 10.4. The number of hydrogen-bond acceptors (Lipinski definition) is 4. The van der Waals surface area contributed by atoms with Crippen LogP contribution in [0.25, 0.3) is 0 Å². The average Bonchev–Trinajstić information content (AvgIpc) is 2.36. The SMILES string of the molecule is CCOC(=O)[C@@H](NC(C)=O)[C@H](O)c1ccccc1. The van der Waals surface area contributed by atoms with Gasteiger partial charge in [0.05, 0.1) is 6.61 Å². The van der Waals surface area contributed by atoms with Crippen LogP contribution in [0.2, 0.25) is 0 Å². The van der Waals surface area contributed by atoms with Crippen LogP contribution in [0.15, 0.2) is 30.3 Å². The number of carbonyl (C=O) groups excluding carboxylic acids is 2. The molecule has 0 aliphatic heterocycles. The minimum absolute atomic E-state index is 0.191. The van der Waals surface area contributed by atoms with Gasteiger partial charge >= 0.3 is 5.97 Å². The molecule has 1 rings (SSSR count). The number of nitrogens with one attached hydrogen (secondary N) is 1. The van der Waals surface area contributed by atoms with Gasteiger partial charge in [-0.1, -0.05) is 30.3 Å². The van der Waals surface area contributed by atoms with Crippen LogP contribution in [-0.2, 0) is 14.3 Å². The number of benzene rings is 1. The highest BCUT2D eigenvalue weighted by Crippen LogP contribution is 2.17. The average molecular weight is 251 g/mol. The van der Waals surface area contributed by atoms with Gasteiger partial charge in [-0.2, -0.15) is 0 Å². The largest absolute Gasteiger partial charge is 0.464 e. The number of carbonyl (C=O) groups is 2. The van der Waals surface area contributed by atoms with Crippen molar-refractivity contribution < 1.29 is 19.4 Å². The number of aliphatic hydroxyl groups excluding tert-OH is 1. The number of hydrogen-bond donors (Lipinski definition) is 2. The number of esters is 1. The first kappa shape index (κ1) is 14.2. The Morgan fingerprint density at radius 1 is 1.33 bits per heavy atom. The van der Waals surface area contributed by atoms with Crippen molar-refractivity contribution in [3.8, 4) is 0 Å². The van der Waals surface area contributed by atoms with E-state index in [2.05, 4.69) is 5.32 Å². The van der Waals surface area contributed by atoms with Gasteiger partial charge in [-0.25, -0.2) is 4.79 Å². The summed E-state index contributed by atoms with van der Waals surface area (Å²) in [5.41, 5.74) is 0.546. The molecule has 0 heterocycles. The van der Waals surface area contributed by atoms with Crippen LogP contribution < -0.4 is 5.32 Å². The Morgan fingerprint density at radius 3 is 2.44 bits per heavy atom. The summed E-state index contributed by atoms with van der Waals surface area (Å²) in [6.07, 6.45) is -1.13. The zero-order valence-electron chi connectivity index (χ0n) is 10.4. The van der Waals surface area contributed by atoms with Gasteiger partial charge in [-0.05, 0) is 12.5 Å². The first-order valence-electron chi connectivity index (χ1n) is 5.73. The fraction of sp³-hybridized carbons (Fsp3) is 0.385. The van der Waals surface area contributed by atoms with Crippen LogP contribution in [0, 0.1) is 0 Å². The second-order valence-corrected chi connectivity index (χ2v) is 3.79. The smallest absolute Gasteiger partial charge is 0.331 e. The summed E-state index contributed by atoms with van der Waals surface area (Å²) >= 11 is 0. The Bertz CT molecular complexity index is 405. The van der Waals surface area contributed by atoms with E-state index in [1.807, 2.05) is 0 Å². The molecular formula is C13H17NO4. The second-order valence-electron chi connectivity index (χ2n) is 3.79. The molecule has 5 heteroatoms. The van der Waals surface area contributed by atoms with Gasteiger partial charge < -0.3 is 15.2 Å². The van der Waals surface area contributed by atoms with Gasteiger partial charge in [-0.3, -0.25) is 4.79 Å². The molecule has 0 bridgehead atoms. The topological polar surface area (TPSA) is 75.6 Å². The maximum atomic E-state index is 11.7. The molecule has 2 atom stereocenters. The van der Waals surface area contributed by atoms with Crippen molar-refractivity contribution >= 4 is 11.9 Å². The molecule has 0 aliphatic rings. The molecule has 1 aromatic carbocycles. The Morgan fingerprint density at radius 2 is 1.94 bits per heavy atom. The first-order valence-corrected chi connectivity index (χ1v) is 5.73. The third-order valence-corrected chi connectivity index (χ3v) is 2.36. The highest BCUT2D eigenvalue weighted by atomic mass is 16.5. The molecule has 0 fully saturated rings. The summed E-state index contributed by atoms with van der Waals surface area (Å²) in [7, 11) is 0. The van der Waals surface area contributed by atoms with Gasteiger partial charge in [0.1, 0.15) is 6.10 Å². The lowest BCUT2D eigenvalue weighted by Gasteiger charge is -2.22. The van der Waals surface area contributed by atoms with Crippen LogP contribution in [0.4, 0.5) is 0 Å². The van der Waals surface area contributed by atoms with Crippen molar-refractivity contribution in [2.75, 3.05) is 6.61 Å². The van der Waals surface area contributed by atoms with Crippen molar-refractivity contribution in [3.05, 3.63) is 35.9 Å². The van der Waals surface area contributed by atoms with E-state index in [4.69, 9.17) is 4.74 Å². The first-order chi connectivity index (χ1) is 8.56. The van der Waals surface area contributed by atoms with Crippen LogP contribution in [-0.4, -0.2) is 29.6 Å². The lowest BCUT2D eigenvalue weighted by Crippen LogP contribution is -2.45. The summed E-state index contributed by atoms with van der Waals surface area (Å²) in [5.74, 6) is -1.05. The summed E-state index contributed by atoms with van der Waals surface area (Å²) in [6.45, 7) is 3.14. The molecule has 0 saturated carbocycles. The quantitative estimate of drug-likeness (QED) is 0.759. The van der Waals surface area contributed by atoms with Crippen LogP contribution in [0.3, 0.4) is 0 Å². The summed E-state index contributed by atoms with van der Waals surface area (Å²) in [6, 6.07) is 7.55. The number of rotatable bonds is 5. The van der Waals surface area contributed by atoms with Gasteiger partial charge in [0.25, 0.3) is 0 Å². The van der Waals surface area contributed by atoms with E-state index >= 15 is 0 Å². The molecule has 0 aromatic heterocycles. The van der Waals surface area contributed by atoms with Crippen molar-refractivity contribution in [1.82, 2.24) is 5.32 Å². The molecule has 0 radical (unpaired) electrons. The van der Waals surface area contributed by atoms with Gasteiger partial charge in [0.2, 0.25) is 5.91 Å². The predicted molar refractivity (Wildman–Crippen MR) is 65.6 cm³/mol. The second kappa shape index (κ2) is 6.76. The van der Waals surface area contributed by atoms with Crippen molar-refractivity contribution in [2.45, 2.75) is 26.0 Å². The Labute approximate surface area is 106 Å². The molecule has 5 nitrogen and oxygen atoms in total. The van der Waals surface area contributed by atoms with E-state index in [1.54, 1.807) is 37.3 Å². The monoisotopic (exact) mass is 251 g/mol. The number of aliphatic hydroxyl groups is 1. The van der Waals surface area contributed by atoms with Crippen LogP contribution in [0.1, 0.15) is 25.5 Å². The zero-order chi connectivity index (χ0) is 13.5. The van der Waals surface area contributed by atoms with Crippen molar-refractivity contribution in [3.63, 3.8) is 0 Å². The van der Waals surface area contributed by atoms with Crippen LogP contribution >= 0.6 is 0 Å². The number of amides is 1. The van der Waals surface area contributed by atoms with Gasteiger partial charge in [0, 0.05) is 6.92 Å². The van der Waals surface area contributed by atoms with E-state index in [0.717, 1.165) is 0 Å². The van der Waals surface area contributed by atoms with Crippen molar-refractivity contribution in [1.29, 1.82) is 0 Å². The molecule has 0 spiro atoms. The molecule has 2 N–H and O–H groups in total. The van der Waals surface area contributed by atoms with E-state index < -0.39 is 24.0 Å². The molecule has 0 aliphatic carbocycles. The highest BCUT2D eigenvalue weighted by molar-refractivity contribution is 5.83. The number of ether oxygens (including phenoxy) is 1. The molecule has 0 unspecified atom stereocenters. The standard InChI is InChI=1S/C13H17NO4/c1-3-18-13(17)11(14-9(2)15)12(16)10-7-5-4-6-8-10/h4-8,11-12,16H,3H2,1-2H3,(H,14,15)/t11-,12+/m0/s1. The van der Waals surface area contributed by atoms with E-state index in [9.17, 15) is 14.7 Å². The third-order valence-electron chi connectivity index (χ3n) is 2.36. The predicted octanol–water partition coefficient (Wildman–Crippen LogP) is 0.788. The lowest BCUT2D eigenvalue weighted by atomic mass is 10.0. The molecule has 0 saturated heterocycles. The molecule has 98 valence electrons. The van der Waals surface area contributed by atoms with E-state index in [1.165, 1.54) is 6.92 Å². The van der Waals surface area contributed by atoms with Crippen LogP contribution in [0.5, 0.6) is 0 Å².